The van der Waals surface area contributed by atoms with E-state index < -0.39 is 28.4 Å². The third-order valence-electron chi connectivity index (χ3n) is 2.80. The van der Waals surface area contributed by atoms with Gasteiger partial charge in [-0.25, -0.2) is 4.79 Å². The summed E-state index contributed by atoms with van der Waals surface area (Å²) in [6.07, 6.45) is -4.62. The lowest BCUT2D eigenvalue weighted by Gasteiger charge is -2.14. The second-order valence-corrected chi connectivity index (χ2v) is 4.43. The normalized spacial score (nSPS) is 10.9. The van der Waals surface area contributed by atoms with Crippen LogP contribution in [0, 0.1) is 10.1 Å². The molecule has 0 aliphatic carbocycles. The Morgan fingerprint density at radius 3 is 2.39 bits per heavy atom. The van der Waals surface area contributed by atoms with Crippen molar-refractivity contribution >= 4 is 23.1 Å². The van der Waals surface area contributed by atoms with E-state index in [1.54, 1.807) is 0 Å². The SMILES string of the molecule is O=C(Nc1cccc([N+](=O)[O-])c1)Nc1ccccc1C(F)(F)F. The van der Waals surface area contributed by atoms with E-state index in [4.69, 9.17) is 0 Å². The molecule has 0 saturated heterocycles. The zero-order valence-electron chi connectivity index (χ0n) is 11.4. The first-order valence-electron chi connectivity index (χ1n) is 6.26. The second-order valence-electron chi connectivity index (χ2n) is 4.43. The number of halogens is 3. The number of hydrogen-bond acceptors (Lipinski definition) is 3. The van der Waals surface area contributed by atoms with Gasteiger partial charge in [0, 0.05) is 17.8 Å². The van der Waals surface area contributed by atoms with Gasteiger partial charge in [-0.15, -0.1) is 0 Å². The van der Waals surface area contributed by atoms with E-state index in [-0.39, 0.29) is 11.4 Å². The van der Waals surface area contributed by atoms with Crippen molar-refractivity contribution in [1.29, 1.82) is 0 Å². The van der Waals surface area contributed by atoms with Gasteiger partial charge in [-0.3, -0.25) is 10.1 Å². The summed E-state index contributed by atoms with van der Waals surface area (Å²) in [4.78, 5) is 21.8. The minimum absolute atomic E-state index is 0.0844. The molecule has 120 valence electrons. The van der Waals surface area contributed by atoms with Crippen LogP contribution in [-0.4, -0.2) is 11.0 Å². The third-order valence-corrected chi connectivity index (χ3v) is 2.80. The highest BCUT2D eigenvalue weighted by molar-refractivity contribution is 6.00. The molecule has 0 spiro atoms. The Morgan fingerprint density at radius 1 is 1.04 bits per heavy atom. The quantitative estimate of drug-likeness (QED) is 0.653. The van der Waals surface area contributed by atoms with E-state index in [0.717, 1.165) is 18.2 Å². The number of nitro benzene ring substituents is 1. The van der Waals surface area contributed by atoms with E-state index in [2.05, 4.69) is 10.6 Å². The molecule has 2 rings (SSSR count). The predicted octanol–water partition coefficient (Wildman–Crippen LogP) is 4.26. The van der Waals surface area contributed by atoms with E-state index in [0.29, 0.717) is 0 Å². The van der Waals surface area contributed by atoms with Crippen molar-refractivity contribution in [2.24, 2.45) is 0 Å². The monoisotopic (exact) mass is 325 g/mol. The number of carbonyl (C=O) groups excluding carboxylic acids is 1. The summed E-state index contributed by atoms with van der Waals surface area (Å²) in [5.41, 5.74) is -1.57. The minimum Gasteiger partial charge on any atom is -0.307 e. The van der Waals surface area contributed by atoms with Crippen LogP contribution in [0.1, 0.15) is 5.56 Å². The highest BCUT2D eigenvalue weighted by atomic mass is 19.4. The molecule has 2 N–H and O–H groups in total. The van der Waals surface area contributed by atoms with Crippen molar-refractivity contribution in [3.63, 3.8) is 0 Å². The molecule has 0 unspecified atom stereocenters. The van der Waals surface area contributed by atoms with Crippen LogP contribution < -0.4 is 10.6 Å². The lowest BCUT2D eigenvalue weighted by atomic mass is 10.1. The number of non-ortho nitro benzene ring substituents is 1. The second kappa shape index (κ2) is 6.34. The lowest BCUT2D eigenvalue weighted by molar-refractivity contribution is -0.384. The molecular formula is C14H10F3N3O3. The van der Waals surface area contributed by atoms with Crippen LogP contribution in [0.3, 0.4) is 0 Å². The van der Waals surface area contributed by atoms with Crippen molar-refractivity contribution in [2.75, 3.05) is 10.6 Å². The molecule has 6 nitrogen and oxygen atoms in total. The number of nitro groups is 1. The minimum atomic E-state index is -4.62. The first kappa shape index (κ1) is 16.3. The summed E-state index contributed by atoms with van der Waals surface area (Å²) in [6, 6.07) is 8.59. The topological polar surface area (TPSA) is 84.3 Å². The number of carbonyl (C=O) groups is 1. The van der Waals surface area contributed by atoms with Crippen LogP contribution in [0.2, 0.25) is 0 Å². The molecule has 2 aromatic carbocycles. The number of nitrogens with one attached hydrogen (secondary N) is 2. The molecule has 9 heteroatoms. The molecule has 23 heavy (non-hydrogen) atoms. The van der Waals surface area contributed by atoms with Crippen LogP contribution in [0.4, 0.5) is 35.0 Å². The number of urea groups is 1. The molecule has 0 saturated carbocycles. The van der Waals surface area contributed by atoms with Gasteiger partial charge in [0.2, 0.25) is 0 Å². The van der Waals surface area contributed by atoms with Crippen molar-refractivity contribution < 1.29 is 22.9 Å². The Balaban J connectivity index is 2.15. The molecular weight excluding hydrogens is 315 g/mol. The van der Waals surface area contributed by atoms with Gasteiger partial charge in [0.15, 0.2) is 0 Å². The summed E-state index contributed by atoms with van der Waals surface area (Å²) in [5.74, 6) is 0. The number of nitrogens with zero attached hydrogens (tertiary/aromatic N) is 1. The van der Waals surface area contributed by atoms with E-state index in [9.17, 15) is 28.1 Å². The van der Waals surface area contributed by atoms with E-state index in [1.807, 2.05) is 0 Å². The summed E-state index contributed by atoms with van der Waals surface area (Å²) >= 11 is 0. The average Bonchev–Trinajstić information content (AvgIpc) is 2.46. The van der Waals surface area contributed by atoms with Gasteiger partial charge in [0.25, 0.3) is 5.69 Å². The molecule has 2 aromatic rings. The zero-order chi connectivity index (χ0) is 17.0. The van der Waals surface area contributed by atoms with Crippen LogP contribution in [0.25, 0.3) is 0 Å². The van der Waals surface area contributed by atoms with Gasteiger partial charge in [-0.2, -0.15) is 13.2 Å². The Bertz CT molecular complexity index is 747. The molecule has 0 atom stereocenters. The molecule has 0 heterocycles. The van der Waals surface area contributed by atoms with Gasteiger partial charge in [-0.1, -0.05) is 18.2 Å². The Labute approximate surface area is 128 Å². The molecule has 0 fully saturated rings. The largest absolute Gasteiger partial charge is 0.418 e. The number of rotatable bonds is 3. The lowest BCUT2D eigenvalue weighted by Crippen LogP contribution is -2.21. The molecule has 0 radical (unpaired) electrons. The van der Waals surface area contributed by atoms with Gasteiger partial charge >= 0.3 is 12.2 Å². The van der Waals surface area contributed by atoms with Crippen molar-refractivity contribution in [1.82, 2.24) is 0 Å². The summed E-state index contributed by atoms with van der Waals surface area (Å²) in [7, 11) is 0. The molecule has 0 bridgehead atoms. The van der Waals surface area contributed by atoms with Crippen molar-refractivity contribution in [2.45, 2.75) is 6.18 Å². The third kappa shape index (κ3) is 4.19. The predicted molar refractivity (Wildman–Crippen MR) is 77.2 cm³/mol. The number of benzene rings is 2. The maximum atomic E-state index is 12.8. The number of para-hydroxylation sites is 1. The fourth-order valence-corrected chi connectivity index (χ4v) is 1.82. The summed E-state index contributed by atoms with van der Waals surface area (Å²) in [6.45, 7) is 0. The van der Waals surface area contributed by atoms with Crippen molar-refractivity contribution in [3.05, 3.63) is 64.2 Å². The number of alkyl halides is 3. The van der Waals surface area contributed by atoms with Crippen LogP contribution >= 0.6 is 0 Å². The van der Waals surface area contributed by atoms with Crippen LogP contribution in [-0.2, 0) is 6.18 Å². The van der Waals surface area contributed by atoms with Crippen molar-refractivity contribution in [3.8, 4) is 0 Å². The molecule has 2 amide bonds. The Kier molecular flexibility index (Phi) is 4.49. The summed E-state index contributed by atoms with van der Waals surface area (Å²) < 4.78 is 38.5. The number of anilines is 2. The number of amides is 2. The fourth-order valence-electron chi connectivity index (χ4n) is 1.82. The maximum Gasteiger partial charge on any atom is 0.418 e. The Morgan fingerprint density at radius 2 is 1.74 bits per heavy atom. The first-order chi connectivity index (χ1) is 10.8. The summed E-state index contributed by atoms with van der Waals surface area (Å²) in [5, 5.41) is 15.0. The number of hydrogen-bond donors (Lipinski definition) is 2. The molecule has 0 aliphatic rings. The van der Waals surface area contributed by atoms with E-state index in [1.165, 1.54) is 30.3 Å². The Hall–Kier alpha value is -3.10. The van der Waals surface area contributed by atoms with E-state index >= 15 is 0 Å². The highest BCUT2D eigenvalue weighted by Gasteiger charge is 2.33. The smallest absolute Gasteiger partial charge is 0.307 e. The maximum absolute atomic E-state index is 12.8. The average molecular weight is 325 g/mol. The zero-order valence-corrected chi connectivity index (χ0v) is 11.4. The van der Waals surface area contributed by atoms with Crippen LogP contribution in [0.15, 0.2) is 48.5 Å². The van der Waals surface area contributed by atoms with Crippen LogP contribution in [0.5, 0.6) is 0 Å². The van der Waals surface area contributed by atoms with Gasteiger partial charge in [0.05, 0.1) is 16.2 Å². The standard InChI is InChI=1S/C14H10F3N3O3/c15-14(16,17)11-6-1-2-7-12(11)19-13(21)18-9-4-3-5-10(8-9)20(22)23/h1-8H,(H2,18,19,21). The molecule has 0 aliphatic heterocycles. The van der Waals surface area contributed by atoms with Gasteiger partial charge in [0.1, 0.15) is 0 Å². The highest BCUT2D eigenvalue weighted by Crippen LogP contribution is 2.34. The van der Waals surface area contributed by atoms with Gasteiger partial charge in [-0.05, 0) is 18.2 Å². The van der Waals surface area contributed by atoms with Gasteiger partial charge < -0.3 is 10.6 Å². The first-order valence-corrected chi connectivity index (χ1v) is 6.26. The molecule has 0 aromatic heterocycles. The fraction of sp³-hybridized carbons (Fsp3) is 0.0714.